The summed E-state index contributed by atoms with van der Waals surface area (Å²) < 4.78 is 0. The molecule has 1 aliphatic rings. The lowest BCUT2D eigenvalue weighted by atomic mass is 9.54. The molecule has 3 N–H and O–H groups in total. The molecule has 1 fully saturated rings. The molecule has 0 aromatic heterocycles. The molecule has 0 heterocycles. The van der Waals surface area contributed by atoms with Gasteiger partial charge in [-0.05, 0) is 18.3 Å². The molecule has 1 saturated carbocycles. The molecule has 0 aliphatic heterocycles. The van der Waals surface area contributed by atoms with Crippen molar-refractivity contribution in [1.29, 1.82) is 0 Å². The summed E-state index contributed by atoms with van der Waals surface area (Å²) in [7, 11) is 0. The minimum atomic E-state index is -0.207. The van der Waals surface area contributed by atoms with E-state index in [2.05, 4.69) is 26.2 Å². The first-order chi connectivity index (χ1) is 5.44. The summed E-state index contributed by atoms with van der Waals surface area (Å²) in [6.07, 6.45) is 3.09. The number of carbonyl (C=O) groups excluding carboxylic acids is 1. The summed E-state index contributed by atoms with van der Waals surface area (Å²) in [5.41, 5.74) is 2.09. The number of hydrogen-bond donors (Lipinski definition) is 2. The molecule has 1 aliphatic carbocycles. The highest BCUT2D eigenvalue weighted by atomic mass is 16.2. The van der Waals surface area contributed by atoms with Gasteiger partial charge in [-0.15, -0.1) is 0 Å². The summed E-state index contributed by atoms with van der Waals surface area (Å²) in [5, 5.41) is 0. The Morgan fingerprint density at radius 2 is 1.92 bits per heavy atom. The molecule has 0 unspecified atom stereocenters. The van der Waals surface area contributed by atoms with Crippen LogP contribution in [0.2, 0.25) is 0 Å². The third-order valence-electron chi connectivity index (χ3n) is 3.21. The summed E-state index contributed by atoms with van der Waals surface area (Å²) in [4.78, 5) is 11.5. The van der Waals surface area contributed by atoms with Gasteiger partial charge in [0.2, 0.25) is 5.91 Å². The zero-order chi connectivity index (χ0) is 9.41. The van der Waals surface area contributed by atoms with Crippen molar-refractivity contribution in [1.82, 2.24) is 5.43 Å². The number of nitrogens with two attached hydrogens (primary N) is 1. The van der Waals surface area contributed by atoms with Gasteiger partial charge in [0.05, 0.1) is 5.41 Å². The monoisotopic (exact) mass is 170 g/mol. The van der Waals surface area contributed by atoms with Crippen LogP contribution in [-0.4, -0.2) is 5.91 Å². The van der Waals surface area contributed by atoms with Gasteiger partial charge < -0.3 is 0 Å². The second kappa shape index (κ2) is 2.73. The van der Waals surface area contributed by atoms with Crippen LogP contribution >= 0.6 is 0 Å². The van der Waals surface area contributed by atoms with Crippen molar-refractivity contribution in [3.05, 3.63) is 0 Å². The van der Waals surface area contributed by atoms with Crippen molar-refractivity contribution in [2.45, 2.75) is 40.0 Å². The van der Waals surface area contributed by atoms with Gasteiger partial charge >= 0.3 is 0 Å². The van der Waals surface area contributed by atoms with Gasteiger partial charge in [0, 0.05) is 0 Å². The van der Waals surface area contributed by atoms with Crippen LogP contribution in [0.5, 0.6) is 0 Å². The lowest BCUT2D eigenvalue weighted by Gasteiger charge is -2.49. The molecule has 12 heavy (non-hydrogen) atoms. The quantitative estimate of drug-likeness (QED) is 0.353. The summed E-state index contributed by atoms with van der Waals surface area (Å²) >= 11 is 0. The van der Waals surface area contributed by atoms with Crippen molar-refractivity contribution in [3.8, 4) is 0 Å². The standard InChI is InChI=1S/C9H18N2O/c1-8(2,3)9(5-4-6-9)7(12)11-10/h4-6,10H2,1-3H3,(H,11,12). The van der Waals surface area contributed by atoms with Crippen LogP contribution in [0.4, 0.5) is 0 Å². The first kappa shape index (κ1) is 9.52. The molecule has 3 heteroatoms. The van der Waals surface area contributed by atoms with E-state index in [1.807, 2.05) is 0 Å². The van der Waals surface area contributed by atoms with Crippen molar-refractivity contribution < 1.29 is 4.79 Å². The largest absolute Gasteiger partial charge is 0.294 e. The van der Waals surface area contributed by atoms with Crippen molar-refractivity contribution in [3.63, 3.8) is 0 Å². The summed E-state index contributed by atoms with van der Waals surface area (Å²) in [5.74, 6) is 5.17. The molecule has 0 spiro atoms. The molecular formula is C9H18N2O. The van der Waals surface area contributed by atoms with E-state index in [4.69, 9.17) is 5.84 Å². The van der Waals surface area contributed by atoms with E-state index in [1.165, 1.54) is 0 Å². The Bertz CT molecular complexity index is 189. The highest BCUT2D eigenvalue weighted by Gasteiger charge is 2.52. The number of hydrazine groups is 1. The minimum Gasteiger partial charge on any atom is -0.294 e. The van der Waals surface area contributed by atoms with Gasteiger partial charge in [-0.25, -0.2) is 5.84 Å². The van der Waals surface area contributed by atoms with Gasteiger partial charge in [0.1, 0.15) is 0 Å². The fourth-order valence-corrected chi connectivity index (χ4v) is 1.99. The van der Waals surface area contributed by atoms with Gasteiger partial charge in [-0.1, -0.05) is 27.2 Å². The van der Waals surface area contributed by atoms with Crippen LogP contribution in [0.1, 0.15) is 40.0 Å². The van der Waals surface area contributed by atoms with Crippen molar-refractivity contribution in [2.75, 3.05) is 0 Å². The Morgan fingerprint density at radius 3 is 2.00 bits per heavy atom. The molecule has 3 nitrogen and oxygen atoms in total. The number of amides is 1. The number of rotatable bonds is 1. The number of hydrogen-bond acceptors (Lipinski definition) is 2. The zero-order valence-corrected chi connectivity index (χ0v) is 8.11. The second-order valence-electron chi connectivity index (χ2n) is 4.66. The normalized spacial score (nSPS) is 21.3. The SMILES string of the molecule is CC(C)(C)C1(C(=O)NN)CCC1. The predicted molar refractivity (Wildman–Crippen MR) is 48.1 cm³/mol. The fourth-order valence-electron chi connectivity index (χ4n) is 1.99. The average molecular weight is 170 g/mol. The molecular weight excluding hydrogens is 152 g/mol. The van der Waals surface area contributed by atoms with Gasteiger partial charge in [-0.3, -0.25) is 10.2 Å². The van der Waals surface area contributed by atoms with E-state index in [1.54, 1.807) is 0 Å². The van der Waals surface area contributed by atoms with Crippen LogP contribution in [0.15, 0.2) is 0 Å². The molecule has 0 bridgehead atoms. The second-order valence-corrected chi connectivity index (χ2v) is 4.66. The molecule has 1 amide bonds. The number of nitrogens with one attached hydrogen (secondary N) is 1. The number of carbonyl (C=O) groups is 1. The smallest absolute Gasteiger partial charge is 0.240 e. The van der Waals surface area contributed by atoms with Crippen LogP contribution in [0.25, 0.3) is 0 Å². The third-order valence-corrected chi connectivity index (χ3v) is 3.21. The van der Waals surface area contributed by atoms with E-state index in [-0.39, 0.29) is 16.7 Å². The maximum absolute atomic E-state index is 11.5. The third kappa shape index (κ3) is 1.12. The average Bonchev–Trinajstić information content (AvgIpc) is 1.81. The lowest BCUT2D eigenvalue weighted by Crippen LogP contribution is -2.55. The first-order valence-corrected chi connectivity index (χ1v) is 4.45. The Morgan fingerprint density at radius 1 is 1.42 bits per heavy atom. The highest BCUT2D eigenvalue weighted by molar-refractivity contribution is 5.83. The summed E-state index contributed by atoms with van der Waals surface area (Å²) in [6.45, 7) is 6.30. The fraction of sp³-hybridized carbons (Fsp3) is 0.889. The first-order valence-electron chi connectivity index (χ1n) is 4.45. The molecule has 0 atom stereocenters. The van der Waals surface area contributed by atoms with E-state index < -0.39 is 0 Å². The molecule has 0 aromatic rings. The van der Waals surface area contributed by atoms with Gasteiger partial charge in [0.15, 0.2) is 0 Å². The zero-order valence-electron chi connectivity index (χ0n) is 8.11. The van der Waals surface area contributed by atoms with Gasteiger partial charge in [0.25, 0.3) is 0 Å². The van der Waals surface area contributed by atoms with E-state index >= 15 is 0 Å². The van der Waals surface area contributed by atoms with Crippen LogP contribution in [0, 0.1) is 10.8 Å². The molecule has 70 valence electrons. The van der Waals surface area contributed by atoms with E-state index in [0.29, 0.717) is 0 Å². The van der Waals surface area contributed by atoms with Crippen molar-refractivity contribution in [2.24, 2.45) is 16.7 Å². The van der Waals surface area contributed by atoms with Crippen LogP contribution < -0.4 is 11.3 Å². The Labute approximate surface area is 73.7 Å². The lowest BCUT2D eigenvalue weighted by molar-refractivity contribution is -0.145. The Kier molecular flexibility index (Phi) is 2.17. The molecule has 1 rings (SSSR count). The predicted octanol–water partition coefficient (Wildman–Crippen LogP) is 1.19. The topological polar surface area (TPSA) is 55.1 Å². The molecule has 0 radical (unpaired) electrons. The molecule has 0 aromatic carbocycles. The van der Waals surface area contributed by atoms with E-state index in [0.717, 1.165) is 19.3 Å². The Balaban J connectivity index is 2.83. The maximum atomic E-state index is 11.5. The van der Waals surface area contributed by atoms with Crippen LogP contribution in [-0.2, 0) is 4.79 Å². The van der Waals surface area contributed by atoms with Crippen LogP contribution in [0.3, 0.4) is 0 Å². The Hall–Kier alpha value is -0.570. The van der Waals surface area contributed by atoms with E-state index in [9.17, 15) is 4.79 Å². The molecule has 0 saturated heterocycles. The van der Waals surface area contributed by atoms with Gasteiger partial charge in [-0.2, -0.15) is 0 Å². The summed E-state index contributed by atoms with van der Waals surface area (Å²) in [6, 6.07) is 0. The maximum Gasteiger partial charge on any atom is 0.240 e. The highest BCUT2D eigenvalue weighted by Crippen LogP contribution is 2.53. The minimum absolute atomic E-state index is 0.00116. The van der Waals surface area contributed by atoms with Crippen molar-refractivity contribution >= 4 is 5.91 Å².